The van der Waals surface area contributed by atoms with Crippen molar-refractivity contribution in [3.63, 3.8) is 0 Å². The second kappa shape index (κ2) is 12.7. The predicted molar refractivity (Wildman–Crippen MR) is 200 cm³/mol. The fourth-order valence-electron chi connectivity index (χ4n) is 6.35. The van der Waals surface area contributed by atoms with Crippen molar-refractivity contribution < 1.29 is 0 Å². The molecule has 0 saturated heterocycles. The monoisotopic (exact) mass is 599 g/mol. The largest absolute Gasteiger partial charge is 0.311 e. The SMILES string of the molecule is c1ccc(-c2ccc(-c3ccc(N(c4ccccc4)c4ccc(-c5ccc6cc(-c7ccccc7)ccc6c5)cc4)cc3)cc2)cc1. The molecular formula is C46H33N. The maximum Gasteiger partial charge on any atom is 0.0462 e. The molecule has 0 unspecified atom stereocenters. The van der Waals surface area contributed by atoms with Crippen molar-refractivity contribution in [1.29, 1.82) is 0 Å². The predicted octanol–water partition coefficient (Wildman–Crippen LogP) is 13.0. The third-order valence-corrected chi connectivity index (χ3v) is 8.87. The van der Waals surface area contributed by atoms with E-state index in [1.165, 1.54) is 55.3 Å². The molecule has 8 aromatic rings. The Morgan fingerprint density at radius 2 is 0.489 bits per heavy atom. The van der Waals surface area contributed by atoms with Gasteiger partial charge in [-0.3, -0.25) is 0 Å². The summed E-state index contributed by atoms with van der Waals surface area (Å²) >= 11 is 0. The fraction of sp³-hybridized carbons (Fsp3) is 0. The van der Waals surface area contributed by atoms with Crippen molar-refractivity contribution in [1.82, 2.24) is 0 Å². The highest BCUT2D eigenvalue weighted by Gasteiger charge is 2.13. The number of hydrogen-bond acceptors (Lipinski definition) is 1. The van der Waals surface area contributed by atoms with E-state index in [-0.39, 0.29) is 0 Å². The zero-order chi connectivity index (χ0) is 31.4. The third-order valence-electron chi connectivity index (χ3n) is 8.87. The Bertz CT molecular complexity index is 2240. The zero-order valence-corrected chi connectivity index (χ0v) is 26.0. The van der Waals surface area contributed by atoms with E-state index in [2.05, 4.69) is 205 Å². The molecular weight excluding hydrogens is 567 g/mol. The molecule has 0 radical (unpaired) electrons. The zero-order valence-electron chi connectivity index (χ0n) is 26.0. The molecule has 0 spiro atoms. The maximum atomic E-state index is 2.32. The van der Waals surface area contributed by atoms with Gasteiger partial charge in [0.1, 0.15) is 0 Å². The molecule has 222 valence electrons. The standard InChI is InChI=1S/C46H33N/c1-4-10-34(11-5-1)36-16-18-37(19-17-36)38-24-28-45(29-25-38)47(44-14-8-3-9-15-44)46-30-26-39(27-31-46)41-21-23-42-32-40(20-22-43(42)33-41)35-12-6-2-7-13-35/h1-33H. The topological polar surface area (TPSA) is 3.24 Å². The van der Waals surface area contributed by atoms with Gasteiger partial charge in [0, 0.05) is 17.1 Å². The number of anilines is 3. The summed E-state index contributed by atoms with van der Waals surface area (Å²) in [6.45, 7) is 0. The Kier molecular flexibility index (Phi) is 7.63. The van der Waals surface area contributed by atoms with Crippen LogP contribution in [0.15, 0.2) is 200 Å². The summed E-state index contributed by atoms with van der Waals surface area (Å²) in [6, 6.07) is 71.7. The highest BCUT2D eigenvalue weighted by atomic mass is 15.1. The summed E-state index contributed by atoms with van der Waals surface area (Å²) < 4.78 is 0. The van der Waals surface area contributed by atoms with Gasteiger partial charge in [-0.25, -0.2) is 0 Å². The van der Waals surface area contributed by atoms with Gasteiger partial charge in [-0.05, 0) is 104 Å². The number of benzene rings is 8. The summed E-state index contributed by atoms with van der Waals surface area (Å²) in [6.07, 6.45) is 0. The van der Waals surface area contributed by atoms with E-state index >= 15 is 0 Å². The summed E-state index contributed by atoms with van der Waals surface area (Å²) in [7, 11) is 0. The Morgan fingerprint density at radius 1 is 0.213 bits per heavy atom. The van der Waals surface area contributed by atoms with Gasteiger partial charge in [-0.2, -0.15) is 0 Å². The second-order valence-electron chi connectivity index (χ2n) is 11.9. The van der Waals surface area contributed by atoms with Gasteiger partial charge >= 0.3 is 0 Å². The van der Waals surface area contributed by atoms with Gasteiger partial charge in [-0.15, -0.1) is 0 Å². The first kappa shape index (κ1) is 28.3. The molecule has 1 nitrogen and oxygen atoms in total. The van der Waals surface area contributed by atoms with Gasteiger partial charge < -0.3 is 4.90 Å². The van der Waals surface area contributed by atoms with E-state index in [4.69, 9.17) is 0 Å². The van der Waals surface area contributed by atoms with Gasteiger partial charge in [0.05, 0.1) is 0 Å². The molecule has 47 heavy (non-hydrogen) atoms. The van der Waals surface area contributed by atoms with Crippen molar-refractivity contribution in [2.45, 2.75) is 0 Å². The first-order valence-corrected chi connectivity index (χ1v) is 16.1. The highest BCUT2D eigenvalue weighted by molar-refractivity contribution is 5.91. The van der Waals surface area contributed by atoms with E-state index in [1.54, 1.807) is 0 Å². The minimum atomic E-state index is 1.12. The van der Waals surface area contributed by atoms with Crippen molar-refractivity contribution in [3.8, 4) is 44.5 Å². The lowest BCUT2D eigenvalue weighted by atomic mass is 9.97. The van der Waals surface area contributed by atoms with Gasteiger partial charge in [0.15, 0.2) is 0 Å². The third kappa shape index (κ3) is 5.95. The molecule has 0 amide bonds. The second-order valence-corrected chi connectivity index (χ2v) is 11.9. The van der Waals surface area contributed by atoms with Gasteiger partial charge in [-0.1, -0.05) is 152 Å². The van der Waals surface area contributed by atoms with Crippen LogP contribution in [0.2, 0.25) is 0 Å². The Balaban J connectivity index is 1.07. The first-order valence-electron chi connectivity index (χ1n) is 16.1. The van der Waals surface area contributed by atoms with Crippen LogP contribution in [0.3, 0.4) is 0 Å². The van der Waals surface area contributed by atoms with Crippen molar-refractivity contribution in [2.24, 2.45) is 0 Å². The van der Waals surface area contributed by atoms with Crippen LogP contribution >= 0.6 is 0 Å². The normalized spacial score (nSPS) is 11.0. The van der Waals surface area contributed by atoms with Crippen LogP contribution in [0.25, 0.3) is 55.3 Å². The van der Waals surface area contributed by atoms with Gasteiger partial charge in [0.2, 0.25) is 0 Å². The van der Waals surface area contributed by atoms with Crippen molar-refractivity contribution in [2.75, 3.05) is 4.90 Å². The minimum absolute atomic E-state index is 1.12. The molecule has 0 bridgehead atoms. The number of hydrogen-bond donors (Lipinski definition) is 0. The molecule has 8 aromatic carbocycles. The van der Waals surface area contributed by atoms with Crippen LogP contribution in [0.4, 0.5) is 17.1 Å². The van der Waals surface area contributed by atoms with E-state index in [0.29, 0.717) is 0 Å². The minimum Gasteiger partial charge on any atom is -0.311 e. The molecule has 0 aliphatic carbocycles. The van der Waals surface area contributed by atoms with Crippen molar-refractivity contribution >= 4 is 27.8 Å². The number of para-hydroxylation sites is 1. The molecule has 0 aliphatic rings. The van der Waals surface area contributed by atoms with Crippen LogP contribution in [0, 0.1) is 0 Å². The smallest absolute Gasteiger partial charge is 0.0462 e. The average molecular weight is 600 g/mol. The van der Waals surface area contributed by atoms with Crippen LogP contribution < -0.4 is 4.90 Å². The van der Waals surface area contributed by atoms with E-state index in [0.717, 1.165) is 17.1 Å². The van der Waals surface area contributed by atoms with Crippen molar-refractivity contribution in [3.05, 3.63) is 200 Å². The molecule has 0 fully saturated rings. The summed E-state index contributed by atoms with van der Waals surface area (Å²) in [5, 5.41) is 2.49. The van der Waals surface area contributed by atoms with Crippen LogP contribution in [-0.4, -0.2) is 0 Å². The molecule has 1 heteroatoms. The van der Waals surface area contributed by atoms with Gasteiger partial charge in [0.25, 0.3) is 0 Å². The summed E-state index contributed by atoms with van der Waals surface area (Å²) in [4.78, 5) is 2.32. The summed E-state index contributed by atoms with van der Waals surface area (Å²) in [5.41, 5.74) is 13.1. The van der Waals surface area contributed by atoms with E-state index in [1.807, 2.05) is 0 Å². The van der Waals surface area contributed by atoms with E-state index < -0.39 is 0 Å². The van der Waals surface area contributed by atoms with Crippen LogP contribution in [0.5, 0.6) is 0 Å². The average Bonchev–Trinajstić information content (AvgIpc) is 3.16. The Labute approximate surface area is 276 Å². The molecule has 0 aromatic heterocycles. The lowest BCUT2D eigenvalue weighted by Crippen LogP contribution is -2.09. The Hall–Kier alpha value is -6.18. The molecule has 8 rings (SSSR count). The molecule has 0 heterocycles. The molecule has 0 saturated carbocycles. The molecule has 0 aliphatic heterocycles. The Morgan fingerprint density at radius 3 is 0.915 bits per heavy atom. The number of nitrogens with zero attached hydrogens (tertiary/aromatic N) is 1. The number of rotatable bonds is 7. The molecule has 0 N–H and O–H groups in total. The van der Waals surface area contributed by atoms with Crippen LogP contribution in [-0.2, 0) is 0 Å². The first-order chi connectivity index (χ1) is 23.3. The lowest BCUT2D eigenvalue weighted by Gasteiger charge is -2.26. The summed E-state index contributed by atoms with van der Waals surface area (Å²) in [5.74, 6) is 0. The number of fused-ring (bicyclic) bond motifs is 1. The highest BCUT2D eigenvalue weighted by Crippen LogP contribution is 2.37. The van der Waals surface area contributed by atoms with E-state index in [9.17, 15) is 0 Å². The quantitative estimate of drug-likeness (QED) is 0.176. The molecule has 0 atom stereocenters. The lowest BCUT2D eigenvalue weighted by molar-refractivity contribution is 1.28. The fourth-order valence-corrected chi connectivity index (χ4v) is 6.35. The maximum absolute atomic E-state index is 2.32. The van der Waals surface area contributed by atoms with Crippen LogP contribution in [0.1, 0.15) is 0 Å².